The van der Waals surface area contributed by atoms with Crippen molar-refractivity contribution in [3.63, 3.8) is 0 Å². The van der Waals surface area contributed by atoms with Crippen molar-refractivity contribution < 1.29 is 9.53 Å². The number of anilines is 1. The van der Waals surface area contributed by atoms with Crippen LogP contribution in [0.4, 0.5) is 5.95 Å². The highest BCUT2D eigenvalue weighted by atomic mass is 16.5. The van der Waals surface area contributed by atoms with Crippen molar-refractivity contribution in [3.8, 4) is 5.75 Å². The van der Waals surface area contributed by atoms with Gasteiger partial charge < -0.3 is 4.74 Å². The number of carbonyl (C=O) groups excluding carboxylic acids is 1. The number of ether oxygens (including phenoxy) is 1. The van der Waals surface area contributed by atoms with E-state index >= 15 is 0 Å². The van der Waals surface area contributed by atoms with Gasteiger partial charge in [-0.3, -0.25) is 9.69 Å². The minimum atomic E-state index is -0.199. The van der Waals surface area contributed by atoms with Gasteiger partial charge in [-0.25, -0.2) is 4.68 Å². The first-order valence-electron chi connectivity index (χ1n) is 10.7. The molecule has 6 heteroatoms. The van der Waals surface area contributed by atoms with Gasteiger partial charge in [0.05, 0.1) is 19.2 Å². The van der Waals surface area contributed by atoms with Gasteiger partial charge in [0.1, 0.15) is 12.1 Å². The molecule has 1 aromatic heterocycles. The largest absolute Gasteiger partial charge is 0.496 e. The topological polar surface area (TPSA) is 60.2 Å². The van der Waals surface area contributed by atoms with Crippen LogP contribution in [0.1, 0.15) is 45.6 Å². The van der Waals surface area contributed by atoms with Gasteiger partial charge in [-0.2, -0.15) is 10.1 Å². The maximum atomic E-state index is 13.9. The lowest BCUT2D eigenvalue weighted by atomic mass is 9.91. The Labute approximate surface area is 187 Å². The summed E-state index contributed by atoms with van der Waals surface area (Å²) in [4.78, 5) is 20.2. The summed E-state index contributed by atoms with van der Waals surface area (Å²) in [6, 6.07) is 25.4. The van der Waals surface area contributed by atoms with Gasteiger partial charge in [-0.1, -0.05) is 66.7 Å². The molecule has 1 aliphatic rings. The van der Waals surface area contributed by atoms with Crippen LogP contribution in [0, 0.1) is 6.92 Å². The summed E-state index contributed by atoms with van der Waals surface area (Å²) in [7, 11) is 1.67. The van der Waals surface area contributed by atoms with Crippen LogP contribution in [0.25, 0.3) is 0 Å². The third-order valence-corrected chi connectivity index (χ3v) is 6.10. The van der Waals surface area contributed by atoms with E-state index < -0.39 is 0 Å². The lowest BCUT2D eigenvalue weighted by molar-refractivity contribution is 0.0962. The average molecular weight is 425 g/mol. The van der Waals surface area contributed by atoms with Crippen LogP contribution < -0.4 is 9.64 Å². The molecule has 1 aliphatic heterocycles. The van der Waals surface area contributed by atoms with Gasteiger partial charge in [0.25, 0.3) is 5.91 Å². The summed E-state index contributed by atoms with van der Waals surface area (Å²) >= 11 is 0. The molecule has 2 heterocycles. The van der Waals surface area contributed by atoms with E-state index in [1.54, 1.807) is 12.0 Å². The SMILES string of the molecule is COc1ccccc1[C@H]1C[C@H](c2ccccc2)N(C(=O)c2ccccc2C)c2ncnn21. The summed E-state index contributed by atoms with van der Waals surface area (Å²) in [5, 5.41) is 4.52. The Morgan fingerprint density at radius 2 is 1.66 bits per heavy atom. The highest BCUT2D eigenvalue weighted by Gasteiger charge is 2.40. The Kier molecular flexibility index (Phi) is 5.19. The molecule has 3 aromatic carbocycles. The number of amides is 1. The normalized spacial score (nSPS) is 17.6. The summed E-state index contributed by atoms with van der Waals surface area (Å²) < 4.78 is 7.49. The number of hydrogen-bond donors (Lipinski definition) is 0. The molecule has 160 valence electrons. The second-order valence-electron chi connectivity index (χ2n) is 7.91. The summed E-state index contributed by atoms with van der Waals surface area (Å²) in [6.45, 7) is 1.96. The third-order valence-electron chi connectivity index (χ3n) is 6.10. The molecule has 32 heavy (non-hydrogen) atoms. The Morgan fingerprint density at radius 3 is 2.44 bits per heavy atom. The molecule has 0 unspecified atom stereocenters. The molecule has 0 aliphatic carbocycles. The van der Waals surface area contributed by atoms with Crippen LogP contribution in [0.15, 0.2) is 85.2 Å². The van der Waals surface area contributed by atoms with Crippen molar-refractivity contribution in [2.45, 2.75) is 25.4 Å². The maximum absolute atomic E-state index is 13.9. The first-order valence-corrected chi connectivity index (χ1v) is 10.7. The zero-order valence-corrected chi connectivity index (χ0v) is 18.1. The zero-order valence-electron chi connectivity index (χ0n) is 18.1. The maximum Gasteiger partial charge on any atom is 0.261 e. The van der Waals surface area contributed by atoms with Crippen LogP contribution >= 0.6 is 0 Å². The lowest BCUT2D eigenvalue weighted by Crippen LogP contribution is -2.43. The van der Waals surface area contributed by atoms with E-state index in [2.05, 4.69) is 28.3 Å². The smallest absolute Gasteiger partial charge is 0.261 e. The molecule has 0 radical (unpaired) electrons. The monoisotopic (exact) mass is 424 g/mol. The number of nitrogens with zero attached hydrogens (tertiary/aromatic N) is 4. The first kappa shape index (κ1) is 20.0. The van der Waals surface area contributed by atoms with E-state index in [1.165, 1.54) is 6.33 Å². The zero-order chi connectivity index (χ0) is 22.1. The molecule has 0 spiro atoms. The number of aryl methyl sites for hydroxylation is 1. The highest BCUT2D eigenvalue weighted by molar-refractivity contribution is 6.06. The number of benzene rings is 3. The molecule has 0 N–H and O–H groups in total. The number of aromatic nitrogens is 3. The van der Waals surface area contributed by atoms with E-state index in [9.17, 15) is 4.79 Å². The molecule has 6 nitrogen and oxygen atoms in total. The van der Waals surface area contributed by atoms with Crippen molar-refractivity contribution in [2.75, 3.05) is 12.0 Å². The second kappa shape index (κ2) is 8.30. The van der Waals surface area contributed by atoms with Gasteiger partial charge in [-0.05, 0) is 36.6 Å². The van der Waals surface area contributed by atoms with E-state index in [0.717, 1.165) is 22.4 Å². The van der Waals surface area contributed by atoms with E-state index in [4.69, 9.17) is 4.74 Å². The molecular weight excluding hydrogens is 400 g/mol. The van der Waals surface area contributed by atoms with Gasteiger partial charge in [0.2, 0.25) is 5.95 Å². The summed E-state index contributed by atoms with van der Waals surface area (Å²) in [6.07, 6.45) is 2.17. The van der Waals surface area contributed by atoms with Gasteiger partial charge >= 0.3 is 0 Å². The highest BCUT2D eigenvalue weighted by Crippen LogP contribution is 2.44. The molecule has 0 saturated carbocycles. The van der Waals surface area contributed by atoms with Gasteiger partial charge in [-0.15, -0.1) is 0 Å². The number of methoxy groups -OCH3 is 1. The minimum absolute atomic E-state index is 0.0790. The molecule has 5 rings (SSSR count). The van der Waals surface area contributed by atoms with Crippen molar-refractivity contribution >= 4 is 11.9 Å². The summed E-state index contributed by atoms with van der Waals surface area (Å²) in [5.41, 5.74) is 3.68. The van der Waals surface area contributed by atoms with Crippen LogP contribution in [-0.4, -0.2) is 27.8 Å². The van der Waals surface area contributed by atoms with Crippen molar-refractivity contribution in [1.29, 1.82) is 0 Å². The second-order valence-corrected chi connectivity index (χ2v) is 7.91. The number of hydrogen-bond acceptors (Lipinski definition) is 4. The summed E-state index contributed by atoms with van der Waals surface area (Å²) in [5.74, 6) is 1.25. The van der Waals surface area contributed by atoms with E-state index in [-0.39, 0.29) is 18.0 Å². The fraction of sp³-hybridized carbons (Fsp3) is 0.192. The Bertz CT molecular complexity index is 1250. The fourth-order valence-corrected chi connectivity index (χ4v) is 4.53. The fourth-order valence-electron chi connectivity index (χ4n) is 4.53. The van der Waals surface area contributed by atoms with Crippen LogP contribution in [0.5, 0.6) is 5.75 Å². The third kappa shape index (κ3) is 3.34. The molecule has 4 aromatic rings. The molecular formula is C26H24N4O2. The van der Waals surface area contributed by atoms with E-state index in [1.807, 2.05) is 72.3 Å². The standard InChI is InChI=1S/C26H24N4O2/c1-18-10-6-7-13-20(18)25(31)29-22(19-11-4-3-5-12-19)16-23(30-26(29)27-17-28-30)21-14-8-9-15-24(21)32-2/h3-15,17,22-23H,16H2,1-2H3/t22-,23-/m1/s1. The average Bonchev–Trinajstić information content (AvgIpc) is 3.33. The predicted molar refractivity (Wildman–Crippen MR) is 123 cm³/mol. The van der Waals surface area contributed by atoms with Gasteiger partial charge in [0.15, 0.2) is 0 Å². The van der Waals surface area contributed by atoms with Crippen LogP contribution in [0.3, 0.4) is 0 Å². The first-order chi connectivity index (χ1) is 15.7. The molecule has 1 amide bonds. The Hall–Kier alpha value is -3.93. The quantitative estimate of drug-likeness (QED) is 0.464. The van der Waals surface area contributed by atoms with E-state index in [0.29, 0.717) is 17.9 Å². The lowest BCUT2D eigenvalue weighted by Gasteiger charge is -2.39. The molecule has 2 atom stereocenters. The van der Waals surface area contributed by atoms with Crippen molar-refractivity contribution in [1.82, 2.24) is 14.8 Å². The molecule has 0 fully saturated rings. The Balaban J connectivity index is 1.68. The van der Waals surface area contributed by atoms with Crippen molar-refractivity contribution in [2.24, 2.45) is 0 Å². The molecule has 0 saturated heterocycles. The minimum Gasteiger partial charge on any atom is -0.496 e. The number of carbonyl (C=O) groups is 1. The number of rotatable bonds is 4. The number of fused-ring (bicyclic) bond motifs is 1. The predicted octanol–water partition coefficient (Wildman–Crippen LogP) is 4.98. The van der Waals surface area contributed by atoms with Crippen molar-refractivity contribution in [3.05, 3.63) is 107 Å². The van der Waals surface area contributed by atoms with Crippen LogP contribution in [0.2, 0.25) is 0 Å². The molecule has 0 bridgehead atoms. The van der Waals surface area contributed by atoms with Crippen LogP contribution in [-0.2, 0) is 0 Å². The van der Waals surface area contributed by atoms with Gasteiger partial charge in [0, 0.05) is 11.1 Å². The number of para-hydroxylation sites is 1. The Morgan fingerprint density at radius 1 is 0.938 bits per heavy atom.